The zero-order valence-corrected chi connectivity index (χ0v) is 60.3. The van der Waals surface area contributed by atoms with Gasteiger partial charge in [-0.3, -0.25) is 4.79 Å². The lowest BCUT2D eigenvalue weighted by molar-refractivity contribution is -0.144. The molecule has 0 aliphatic carbocycles. The number of nitriles is 1. The van der Waals surface area contributed by atoms with Crippen LogP contribution in [0.3, 0.4) is 0 Å². The van der Waals surface area contributed by atoms with E-state index >= 15 is 0 Å². The predicted molar refractivity (Wildman–Crippen MR) is 401 cm³/mol. The van der Waals surface area contributed by atoms with Crippen molar-refractivity contribution >= 4 is 29.8 Å². The molecular weight excluding hydrogens is 1280 g/mol. The highest BCUT2D eigenvalue weighted by Crippen LogP contribution is 2.30. The number of allylic oxidation sites excluding steroid dienone is 1. The molecule has 0 bridgehead atoms. The summed E-state index contributed by atoms with van der Waals surface area (Å²) in [6.45, 7) is 9.47. The Kier molecular flexibility index (Phi) is 37.0. The molecule has 7 aromatic rings. The first-order chi connectivity index (χ1) is 50.0. The summed E-state index contributed by atoms with van der Waals surface area (Å²) >= 11 is 0. The molecule has 7 aromatic carbocycles. The van der Waals surface area contributed by atoms with Crippen molar-refractivity contribution in [3.8, 4) is 68.6 Å². The highest BCUT2D eigenvalue weighted by atomic mass is 16.6. The second-order valence-electron chi connectivity index (χ2n) is 26.0. The molecule has 0 aliphatic rings. The standard InChI is InChI=1S/C87H105NO14/c1-4-6-7-8-19-26-59-94-75-47-37-70(38-48-75)72-41-53-78(54-42-72)101-86(92)74-45-55-79(56-46-74)102-87(93)81-58-57-80(99-66-67(3)5-2)64-82(81)96-61-28-22-23-30-63-98-84(90)32-25-18-14-10-9-13-17-24-31-83(89)97-62-29-21-16-12-11-15-20-27-60-95-76-49-43-73(44-50-76)85(91)100-77-51-39-71(40-52-77)69-35-33-68(65-88)34-36-69/h25,32-58,64,67H,4-24,26-31,59-63,66H2,1-3H3/b32-25+/t67-/m0/s1. The van der Waals surface area contributed by atoms with Crippen LogP contribution in [0.1, 0.15) is 231 Å². The summed E-state index contributed by atoms with van der Waals surface area (Å²) in [5, 5.41) is 9.03. The molecule has 15 heteroatoms. The molecule has 102 heavy (non-hydrogen) atoms. The number of carbonyl (C=O) groups is 5. The normalized spacial score (nSPS) is 11.3. The van der Waals surface area contributed by atoms with Crippen molar-refractivity contribution in [2.45, 2.75) is 194 Å². The Morgan fingerprint density at radius 2 is 0.784 bits per heavy atom. The van der Waals surface area contributed by atoms with E-state index in [1.165, 1.54) is 44.6 Å². The van der Waals surface area contributed by atoms with Crippen molar-refractivity contribution in [2.24, 2.45) is 5.92 Å². The van der Waals surface area contributed by atoms with E-state index in [0.29, 0.717) is 97.4 Å². The van der Waals surface area contributed by atoms with E-state index in [4.69, 9.17) is 47.9 Å². The van der Waals surface area contributed by atoms with Gasteiger partial charge < -0.3 is 42.6 Å². The number of carbonyl (C=O) groups excluding carboxylic acids is 5. The van der Waals surface area contributed by atoms with Crippen LogP contribution in [0.5, 0.6) is 40.2 Å². The number of hydrogen-bond donors (Lipinski definition) is 0. The van der Waals surface area contributed by atoms with Crippen LogP contribution < -0.4 is 33.2 Å². The first-order valence-electron chi connectivity index (χ1n) is 37.3. The van der Waals surface area contributed by atoms with Crippen molar-refractivity contribution in [3.63, 3.8) is 0 Å². The van der Waals surface area contributed by atoms with E-state index in [9.17, 15) is 24.0 Å². The van der Waals surface area contributed by atoms with Gasteiger partial charge in [-0.2, -0.15) is 5.26 Å². The second kappa shape index (κ2) is 47.4. The van der Waals surface area contributed by atoms with Gasteiger partial charge in [-0.15, -0.1) is 0 Å². The molecule has 15 nitrogen and oxygen atoms in total. The van der Waals surface area contributed by atoms with Gasteiger partial charge >= 0.3 is 29.8 Å². The quantitative estimate of drug-likeness (QED) is 0.0151. The lowest BCUT2D eigenvalue weighted by Gasteiger charge is -2.15. The zero-order chi connectivity index (χ0) is 72.0. The molecule has 0 N–H and O–H groups in total. The Morgan fingerprint density at radius 1 is 0.392 bits per heavy atom. The minimum absolute atomic E-state index is 0.110. The number of hydrogen-bond acceptors (Lipinski definition) is 15. The molecule has 0 unspecified atom stereocenters. The number of esters is 5. The van der Waals surface area contributed by atoms with Crippen LogP contribution in [0.4, 0.5) is 0 Å². The van der Waals surface area contributed by atoms with E-state index in [1.54, 1.807) is 103 Å². The smallest absolute Gasteiger partial charge is 0.347 e. The Bertz CT molecular complexity index is 3630. The maximum absolute atomic E-state index is 13.6. The van der Waals surface area contributed by atoms with Gasteiger partial charge in [0.1, 0.15) is 45.8 Å². The SMILES string of the molecule is CCCCCCCCOc1ccc(-c2ccc(OC(=O)c3ccc(OC(=O)c4ccc(OC[C@@H](C)CC)cc4OCCCCCCOC(=O)/C=C/CCCCCCCCC(=O)OCCCCCCCCCCOc4ccc(C(=O)Oc5ccc(-c6ccc(C#N)cc6)cc5)cc4)cc3)cc2)cc1. The molecule has 0 spiro atoms. The summed E-state index contributed by atoms with van der Waals surface area (Å²) in [5.74, 6) is 1.92. The van der Waals surface area contributed by atoms with Gasteiger partial charge in [0.05, 0.1) is 62.4 Å². The number of ether oxygens (including phenoxy) is 9. The van der Waals surface area contributed by atoms with Crippen molar-refractivity contribution in [1.29, 1.82) is 5.26 Å². The van der Waals surface area contributed by atoms with Crippen LogP contribution >= 0.6 is 0 Å². The van der Waals surface area contributed by atoms with Gasteiger partial charge in [-0.25, -0.2) is 19.2 Å². The van der Waals surface area contributed by atoms with Gasteiger partial charge in [0.2, 0.25) is 0 Å². The minimum atomic E-state index is -0.615. The Labute approximate surface area is 605 Å². The van der Waals surface area contributed by atoms with Crippen LogP contribution in [-0.2, 0) is 19.1 Å². The molecule has 0 radical (unpaired) electrons. The molecule has 0 saturated heterocycles. The second-order valence-corrected chi connectivity index (χ2v) is 26.0. The van der Waals surface area contributed by atoms with E-state index in [1.807, 2.05) is 66.7 Å². The summed E-state index contributed by atoms with van der Waals surface area (Å²) in [6, 6.07) is 50.4. The molecular formula is C87H105NO14. The fraction of sp³-hybridized carbons (Fsp3) is 0.425. The van der Waals surface area contributed by atoms with E-state index in [0.717, 1.165) is 156 Å². The number of unbranched alkanes of at least 4 members (excludes halogenated alkanes) is 21. The topological polar surface area (TPSA) is 192 Å². The van der Waals surface area contributed by atoms with E-state index < -0.39 is 17.9 Å². The maximum atomic E-state index is 13.6. The van der Waals surface area contributed by atoms with Crippen LogP contribution in [0.25, 0.3) is 22.3 Å². The molecule has 0 amide bonds. The summed E-state index contributed by atoms with van der Waals surface area (Å²) in [4.78, 5) is 64.1. The maximum Gasteiger partial charge on any atom is 0.347 e. The lowest BCUT2D eigenvalue weighted by atomic mass is 10.0. The van der Waals surface area contributed by atoms with Gasteiger partial charge in [0.15, 0.2) is 0 Å². The van der Waals surface area contributed by atoms with Crippen LogP contribution in [0.15, 0.2) is 176 Å². The van der Waals surface area contributed by atoms with Crippen molar-refractivity contribution < 1.29 is 66.6 Å². The molecule has 1 atom stereocenters. The molecule has 0 aromatic heterocycles. The largest absolute Gasteiger partial charge is 0.494 e. The fourth-order valence-electron chi connectivity index (χ4n) is 11.2. The van der Waals surface area contributed by atoms with E-state index in [2.05, 4.69) is 26.8 Å². The highest BCUT2D eigenvalue weighted by Gasteiger charge is 2.19. The van der Waals surface area contributed by atoms with Crippen molar-refractivity contribution in [3.05, 3.63) is 198 Å². The molecule has 0 aliphatic heterocycles. The molecule has 542 valence electrons. The average Bonchev–Trinajstić information content (AvgIpc) is 0.845. The molecule has 0 saturated carbocycles. The monoisotopic (exact) mass is 1390 g/mol. The van der Waals surface area contributed by atoms with E-state index in [-0.39, 0.29) is 23.3 Å². The van der Waals surface area contributed by atoms with Crippen molar-refractivity contribution in [1.82, 2.24) is 0 Å². The van der Waals surface area contributed by atoms with Gasteiger partial charge in [0.25, 0.3) is 0 Å². The first-order valence-corrected chi connectivity index (χ1v) is 37.3. The summed E-state index contributed by atoms with van der Waals surface area (Å²) < 4.78 is 52.0. The van der Waals surface area contributed by atoms with Gasteiger partial charge in [0, 0.05) is 18.6 Å². The van der Waals surface area contributed by atoms with Crippen LogP contribution in [0, 0.1) is 17.2 Å². The van der Waals surface area contributed by atoms with Gasteiger partial charge in [-0.1, -0.05) is 178 Å². The molecule has 0 fully saturated rings. The molecule has 7 rings (SSSR count). The number of nitrogens with zero attached hydrogens (tertiary/aromatic N) is 1. The zero-order valence-electron chi connectivity index (χ0n) is 60.3. The van der Waals surface area contributed by atoms with Crippen LogP contribution in [0.2, 0.25) is 0 Å². The Hall–Kier alpha value is -9.68. The van der Waals surface area contributed by atoms with Crippen LogP contribution in [-0.4, -0.2) is 69.5 Å². The van der Waals surface area contributed by atoms with Crippen molar-refractivity contribution in [2.75, 3.05) is 39.6 Å². The summed E-state index contributed by atoms with van der Waals surface area (Å²) in [7, 11) is 0. The summed E-state index contributed by atoms with van der Waals surface area (Å²) in [5.41, 5.74) is 5.53. The predicted octanol–water partition coefficient (Wildman–Crippen LogP) is 21.6. The molecule has 0 heterocycles. The number of rotatable bonds is 50. The third-order valence-corrected chi connectivity index (χ3v) is 17.6. The minimum Gasteiger partial charge on any atom is -0.494 e. The van der Waals surface area contributed by atoms with Gasteiger partial charge in [-0.05, 0) is 202 Å². The average molecular weight is 1390 g/mol. The lowest BCUT2D eigenvalue weighted by Crippen LogP contribution is -2.13. The Balaban J connectivity index is 0.647. The summed E-state index contributed by atoms with van der Waals surface area (Å²) in [6.07, 6.45) is 30.7. The Morgan fingerprint density at radius 3 is 1.27 bits per heavy atom. The fourth-order valence-corrected chi connectivity index (χ4v) is 11.2. The number of benzene rings is 7. The first kappa shape index (κ1) is 79.6. The third-order valence-electron chi connectivity index (χ3n) is 17.6. The highest BCUT2D eigenvalue weighted by molar-refractivity contribution is 5.95. The third kappa shape index (κ3) is 31.1.